The highest BCUT2D eigenvalue weighted by molar-refractivity contribution is 9.10. The van der Waals surface area contributed by atoms with E-state index in [0.29, 0.717) is 5.92 Å². The van der Waals surface area contributed by atoms with E-state index < -0.39 is 0 Å². The SMILES string of the molecule is CCN(CC)CCSc1cc(Br)ccc1CNCC(C)C. The zero-order valence-electron chi connectivity index (χ0n) is 13.8. The molecule has 0 amide bonds. The smallest absolute Gasteiger partial charge is 0.0216 e. The van der Waals surface area contributed by atoms with Gasteiger partial charge in [0.2, 0.25) is 0 Å². The standard InChI is InChI=1S/C17H29BrN2S/c1-5-20(6-2)9-10-21-17-11-16(18)8-7-15(17)13-19-12-14(3)4/h7-8,11,14,19H,5-6,9-10,12-13H2,1-4H3. The van der Waals surface area contributed by atoms with E-state index in [1.54, 1.807) is 0 Å². The van der Waals surface area contributed by atoms with Gasteiger partial charge in [-0.15, -0.1) is 11.8 Å². The Morgan fingerprint density at radius 3 is 2.57 bits per heavy atom. The van der Waals surface area contributed by atoms with Crippen LogP contribution in [-0.2, 0) is 6.54 Å². The Bertz CT molecular complexity index is 406. The van der Waals surface area contributed by atoms with Gasteiger partial charge in [-0.05, 0) is 43.2 Å². The third-order valence-corrected chi connectivity index (χ3v) is 5.03. The number of hydrogen-bond acceptors (Lipinski definition) is 3. The van der Waals surface area contributed by atoms with Crippen molar-refractivity contribution in [2.24, 2.45) is 5.92 Å². The first kappa shape index (κ1) is 19.0. The third kappa shape index (κ3) is 7.68. The minimum Gasteiger partial charge on any atom is -0.312 e. The molecule has 0 atom stereocenters. The highest BCUT2D eigenvalue weighted by atomic mass is 79.9. The highest BCUT2D eigenvalue weighted by Crippen LogP contribution is 2.26. The number of halogens is 1. The van der Waals surface area contributed by atoms with Gasteiger partial charge in [-0.2, -0.15) is 0 Å². The summed E-state index contributed by atoms with van der Waals surface area (Å²) in [4.78, 5) is 3.87. The maximum Gasteiger partial charge on any atom is 0.0216 e. The average Bonchev–Trinajstić information content (AvgIpc) is 2.45. The van der Waals surface area contributed by atoms with E-state index in [9.17, 15) is 0 Å². The lowest BCUT2D eigenvalue weighted by Crippen LogP contribution is -2.25. The van der Waals surface area contributed by atoms with E-state index >= 15 is 0 Å². The molecule has 0 aliphatic carbocycles. The van der Waals surface area contributed by atoms with E-state index in [1.165, 1.54) is 14.9 Å². The molecular formula is C17H29BrN2S. The van der Waals surface area contributed by atoms with Gasteiger partial charge in [-0.1, -0.05) is 49.7 Å². The summed E-state index contributed by atoms with van der Waals surface area (Å²) in [7, 11) is 0. The summed E-state index contributed by atoms with van der Waals surface area (Å²) >= 11 is 5.56. The summed E-state index contributed by atoms with van der Waals surface area (Å²) in [6.45, 7) is 14.4. The normalized spacial score (nSPS) is 11.6. The molecule has 0 heterocycles. The number of hydrogen-bond donors (Lipinski definition) is 1. The maximum atomic E-state index is 3.59. The van der Waals surface area contributed by atoms with E-state index in [-0.39, 0.29) is 0 Å². The summed E-state index contributed by atoms with van der Waals surface area (Å²) in [5, 5.41) is 3.54. The molecular weight excluding hydrogens is 344 g/mol. The predicted octanol–water partition coefficient (Wildman–Crippen LogP) is 4.63. The van der Waals surface area contributed by atoms with Crippen molar-refractivity contribution in [2.45, 2.75) is 39.1 Å². The van der Waals surface area contributed by atoms with Crippen molar-refractivity contribution in [3.8, 4) is 0 Å². The summed E-state index contributed by atoms with van der Waals surface area (Å²) in [5.41, 5.74) is 1.41. The molecule has 120 valence electrons. The molecule has 0 unspecified atom stereocenters. The third-order valence-electron chi connectivity index (χ3n) is 3.46. The molecule has 1 aromatic carbocycles. The average molecular weight is 373 g/mol. The molecule has 21 heavy (non-hydrogen) atoms. The van der Waals surface area contributed by atoms with Gasteiger partial charge in [0, 0.05) is 28.2 Å². The zero-order chi connectivity index (χ0) is 15.7. The molecule has 0 spiro atoms. The fraction of sp³-hybridized carbons (Fsp3) is 0.647. The summed E-state index contributed by atoms with van der Waals surface area (Å²) < 4.78 is 1.17. The first-order chi connectivity index (χ1) is 10.1. The van der Waals surface area contributed by atoms with Gasteiger partial charge >= 0.3 is 0 Å². The second-order valence-corrected chi connectivity index (χ2v) is 7.70. The second-order valence-electron chi connectivity index (χ2n) is 5.65. The molecule has 0 saturated heterocycles. The quantitative estimate of drug-likeness (QED) is 0.602. The van der Waals surface area contributed by atoms with Crippen LogP contribution in [0.4, 0.5) is 0 Å². The Kier molecular flexibility index (Phi) is 9.65. The molecule has 0 fully saturated rings. The Hall–Kier alpha value is -0.0300. The van der Waals surface area contributed by atoms with Crippen LogP contribution in [0.5, 0.6) is 0 Å². The predicted molar refractivity (Wildman–Crippen MR) is 99.2 cm³/mol. The van der Waals surface area contributed by atoms with Crippen LogP contribution in [0, 0.1) is 5.92 Å². The minimum atomic E-state index is 0.694. The van der Waals surface area contributed by atoms with Gasteiger partial charge < -0.3 is 10.2 Å². The number of rotatable bonds is 10. The van der Waals surface area contributed by atoms with Crippen molar-refractivity contribution in [1.82, 2.24) is 10.2 Å². The van der Waals surface area contributed by atoms with Gasteiger partial charge in [0.25, 0.3) is 0 Å². The molecule has 0 saturated carbocycles. The molecule has 0 bridgehead atoms. The van der Waals surface area contributed by atoms with Gasteiger partial charge in [-0.25, -0.2) is 0 Å². The van der Waals surface area contributed by atoms with Crippen LogP contribution in [0.2, 0.25) is 0 Å². The van der Waals surface area contributed by atoms with Crippen molar-refractivity contribution in [2.75, 3.05) is 31.9 Å². The monoisotopic (exact) mass is 372 g/mol. The van der Waals surface area contributed by atoms with E-state index in [2.05, 4.69) is 72.0 Å². The van der Waals surface area contributed by atoms with Crippen LogP contribution in [0.3, 0.4) is 0 Å². The first-order valence-corrected chi connectivity index (χ1v) is 9.68. The number of thioether (sulfide) groups is 1. The van der Waals surface area contributed by atoms with Crippen LogP contribution in [0.25, 0.3) is 0 Å². The fourth-order valence-corrected chi connectivity index (χ4v) is 3.75. The topological polar surface area (TPSA) is 15.3 Å². The van der Waals surface area contributed by atoms with Crippen LogP contribution < -0.4 is 5.32 Å². The molecule has 2 nitrogen and oxygen atoms in total. The minimum absolute atomic E-state index is 0.694. The van der Waals surface area contributed by atoms with Gasteiger partial charge in [0.15, 0.2) is 0 Å². The van der Waals surface area contributed by atoms with Crippen LogP contribution in [0.1, 0.15) is 33.3 Å². The van der Waals surface area contributed by atoms with Crippen molar-refractivity contribution in [3.05, 3.63) is 28.2 Å². The van der Waals surface area contributed by atoms with Gasteiger partial charge in [0.05, 0.1) is 0 Å². The number of nitrogens with one attached hydrogen (secondary N) is 1. The summed E-state index contributed by atoms with van der Waals surface area (Å²) in [5.74, 6) is 1.84. The lowest BCUT2D eigenvalue weighted by Gasteiger charge is -2.18. The number of benzene rings is 1. The maximum absolute atomic E-state index is 3.59. The lowest BCUT2D eigenvalue weighted by atomic mass is 10.2. The Balaban J connectivity index is 2.55. The summed E-state index contributed by atoms with van der Waals surface area (Å²) in [6.07, 6.45) is 0. The zero-order valence-corrected chi connectivity index (χ0v) is 16.2. The molecule has 4 heteroatoms. The molecule has 0 aromatic heterocycles. The summed E-state index contributed by atoms with van der Waals surface area (Å²) in [6, 6.07) is 6.62. The van der Waals surface area contributed by atoms with Crippen molar-refractivity contribution >= 4 is 27.7 Å². The van der Waals surface area contributed by atoms with E-state index in [1.807, 2.05) is 11.8 Å². The lowest BCUT2D eigenvalue weighted by molar-refractivity contribution is 0.324. The molecule has 0 radical (unpaired) electrons. The Morgan fingerprint density at radius 2 is 1.95 bits per heavy atom. The molecule has 1 N–H and O–H groups in total. The molecule has 1 rings (SSSR count). The van der Waals surface area contributed by atoms with E-state index in [0.717, 1.165) is 38.5 Å². The fourth-order valence-electron chi connectivity index (χ4n) is 2.13. The van der Waals surface area contributed by atoms with Crippen LogP contribution in [0.15, 0.2) is 27.6 Å². The highest BCUT2D eigenvalue weighted by Gasteiger charge is 2.06. The van der Waals surface area contributed by atoms with Gasteiger partial charge in [0.1, 0.15) is 0 Å². The van der Waals surface area contributed by atoms with Gasteiger partial charge in [-0.3, -0.25) is 0 Å². The second kappa shape index (κ2) is 10.7. The Morgan fingerprint density at radius 1 is 1.24 bits per heavy atom. The van der Waals surface area contributed by atoms with Crippen molar-refractivity contribution in [1.29, 1.82) is 0 Å². The molecule has 1 aromatic rings. The molecule has 0 aliphatic heterocycles. The Labute approximate surface area is 143 Å². The van der Waals surface area contributed by atoms with Crippen molar-refractivity contribution in [3.63, 3.8) is 0 Å². The van der Waals surface area contributed by atoms with Crippen LogP contribution >= 0.6 is 27.7 Å². The van der Waals surface area contributed by atoms with Crippen LogP contribution in [-0.4, -0.2) is 36.8 Å². The van der Waals surface area contributed by atoms with E-state index in [4.69, 9.17) is 0 Å². The first-order valence-electron chi connectivity index (χ1n) is 7.91. The molecule has 0 aliphatic rings. The number of nitrogens with zero attached hydrogens (tertiary/aromatic N) is 1. The van der Waals surface area contributed by atoms with Crippen molar-refractivity contribution < 1.29 is 0 Å². The largest absolute Gasteiger partial charge is 0.312 e.